The third-order valence-electron chi connectivity index (χ3n) is 2.67. The lowest BCUT2D eigenvalue weighted by atomic mass is 10.2. The first-order valence-electron chi connectivity index (χ1n) is 6.61. The SMILES string of the molecule is CCCNc1nc(OC)nc(Oc2cccc(C)c2F)n1. The van der Waals surface area contributed by atoms with Crippen LogP contribution in [0.5, 0.6) is 17.8 Å². The second kappa shape index (κ2) is 6.83. The van der Waals surface area contributed by atoms with Gasteiger partial charge in [0.1, 0.15) is 0 Å². The molecule has 0 fully saturated rings. The van der Waals surface area contributed by atoms with Crippen molar-refractivity contribution >= 4 is 5.95 Å². The molecule has 0 aliphatic rings. The van der Waals surface area contributed by atoms with Gasteiger partial charge in [0.25, 0.3) is 0 Å². The molecule has 7 heteroatoms. The van der Waals surface area contributed by atoms with Gasteiger partial charge in [-0.2, -0.15) is 9.97 Å². The Morgan fingerprint density at radius 3 is 2.67 bits per heavy atom. The number of halogens is 1. The van der Waals surface area contributed by atoms with E-state index in [0.29, 0.717) is 18.1 Å². The lowest BCUT2D eigenvalue weighted by Gasteiger charge is -2.09. The van der Waals surface area contributed by atoms with Gasteiger partial charge in [-0.1, -0.05) is 19.1 Å². The number of ether oxygens (including phenoxy) is 2. The van der Waals surface area contributed by atoms with Gasteiger partial charge < -0.3 is 14.8 Å². The van der Waals surface area contributed by atoms with E-state index in [2.05, 4.69) is 20.3 Å². The van der Waals surface area contributed by atoms with Crippen molar-refractivity contribution in [3.63, 3.8) is 0 Å². The summed E-state index contributed by atoms with van der Waals surface area (Å²) in [7, 11) is 1.44. The van der Waals surface area contributed by atoms with Crippen LogP contribution in [-0.2, 0) is 0 Å². The monoisotopic (exact) mass is 292 g/mol. The Morgan fingerprint density at radius 1 is 1.19 bits per heavy atom. The molecule has 0 radical (unpaired) electrons. The Balaban J connectivity index is 2.28. The van der Waals surface area contributed by atoms with Crippen molar-refractivity contribution in [2.24, 2.45) is 0 Å². The van der Waals surface area contributed by atoms with Crippen LogP contribution >= 0.6 is 0 Å². The second-order valence-corrected chi connectivity index (χ2v) is 4.34. The highest BCUT2D eigenvalue weighted by molar-refractivity contribution is 5.34. The van der Waals surface area contributed by atoms with Gasteiger partial charge >= 0.3 is 12.0 Å². The van der Waals surface area contributed by atoms with Crippen LogP contribution in [-0.4, -0.2) is 28.6 Å². The standard InChI is InChI=1S/C14H17FN4O2/c1-4-8-16-12-17-13(20-3)19-14(18-12)21-10-7-5-6-9(2)11(10)15/h5-7H,4,8H2,1-3H3,(H,16,17,18,19). The number of anilines is 1. The van der Waals surface area contributed by atoms with Crippen molar-refractivity contribution in [1.29, 1.82) is 0 Å². The summed E-state index contributed by atoms with van der Waals surface area (Å²) < 4.78 is 24.3. The van der Waals surface area contributed by atoms with Crippen molar-refractivity contribution in [2.45, 2.75) is 20.3 Å². The minimum absolute atomic E-state index is 0.0232. The van der Waals surface area contributed by atoms with Crippen LogP contribution in [0.2, 0.25) is 0 Å². The second-order valence-electron chi connectivity index (χ2n) is 4.34. The highest BCUT2D eigenvalue weighted by Crippen LogP contribution is 2.25. The Morgan fingerprint density at radius 2 is 1.95 bits per heavy atom. The zero-order valence-corrected chi connectivity index (χ0v) is 12.2. The van der Waals surface area contributed by atoms with E-state index in [9.17, 15) is 4.39 Å². The lowest BCUT2D eigenvalue weighted by Crippen LogP contribution is -2.08. The first-order chi connectivity index (χ1) is 10.1. The molecule has 1 heterocycles. The van der Waals surface area contributed by atoms with Crippen LogP contribution in [0.4, 0.5) is 10.3 Å². The zero-order chi connectivity index (χ0) is 15.2. The third kappa shape index (κ3) is 3.77. The van der Waals surface area contributed by atoms with E-state index in [0.717, 1.165) is 6.42 Å². The van der Waals surface area contributed by atoms with Gasteiger partial charge in [0.2, 0.25) is 5.95 Å². The van der Waals surface area contributed by atoms with Crippen LogP contribution in [0.25, 0.3) is 0 Å². The maximum absolute atomic E-state index is 13.9. The minimum Gasteiger partial charge on any atom is -0.467 e. The Bertz CT molecular complexity index is 622. The fourth-order valence-corrected chi connectivity index (χ4v) is 1.59. The number of aromatic nitrogens is 3. The van der Waals surface area contributed by atoms with E-state index in [1.165, 1.54) is 13.2 Å². The summed E-state index contributed by atoms with van der Waals surface area (Å²) in [5.41, 5.74) is 0.484. The van der Waals surface area contributed by atoms with Gasteiger partial charge in [-0.15, -0.1) is 4.98 Å². The molecular formula is C14H17FN4O2. The van der Waals surface area contributed by atoms with E-state index >= 15 is 0 Å². The van der Waals surface area contributed by atoms with Gasteiger partial charge in [-0.25, -0.2) is 4.39 Å². The number of hydrogen-bond donors (Lipinski definition) is 1. The van der Waals surface area contributed by atoms with Gasteiger partial charge in [0.05, 0.1) is 7.11 Å². The first kappa shape index (κ1) is 15.0. The molecule has 0 bridgehead atoms. The number of nitrogens with zero attached hydrogens (tertiary/aromatic N) is 3. The molecule has 0 amide bonds. The molecule has 6 nitrogen and oxygen atoms in total. The molecule has 0 spiro atoms. The summed E-state index contributed by atoms with van der Waals surface area (Å²) in [6.45, 7) is 4.38. The van der Waals surface area contributed by atoms with Crippen LogP contribution in [0.1, 0.15) is 18.9 Å². The quantitative estimate of drug-likeness (QED) is 0.882. The van der Waals surface area contributed by atoms with Crippen molar-refractivity contribution in [2.75, 3.05) is 19.0 Å². The summed E-state index contributed by atoms with van der Waals surface area (Å²) in [6, 6.07) is 4.95. The van der Waals surface area contributed by atoms with Crippen molar-refractivity contribution in [1.82, 2.24) is 15.0 Å². The average Bonchev–Trinajstić information content (AvgIpc) is 2.49. The molecule has 0 aliphatic carbocycles. The zero-order valence-electron chi connectivity index (χ0n) is 12.2. The molecule has 0 atom stereocenters. The normalized spacial score (nSPS) is 10.3. The molecule has 0 unspecified atom stereocenters. The summed E-state index contributed by atoms with van der Waals surface area (Å²) in [5, 5.41) is 3.01. The minimum atomic E-state index is -0.444. The molecular weight excluding hydrogens is 275 g/mol. The van der Waals surface area contributed by atoms with Gasteiger partial charge in [-0.05, 0) is 25.0 Å². The molecule has 21 heavy (non-hydrogen) atoms. The number of aryl methyl sites for hydroxylation is 1. The molecule has 112 valence electrons. The first-order valence-corrected chi connectivity index (χ1v) is 6.61. The third-order valence-corrected chi connectivity index (χ3v) is 2.67. The largest absolute Gasteiger partial charge is 0.467 e. The highest BCUT2D eigenvalue weighted by atomic mass is 19.1. The summed E-state index contributed by atoms with van der Waals surface area (Å²) in [5.74, 6) is -0.0589. The van der Waals surface area contributed by atoms with Gasteiger partial charge in [0, 0.05) is 6.54 Å². The Labute approximate surface area is 122 Å². The lowest BCUT2D eigenvalue weighted by molar-refractivity contribution is 0.354. The Hall–Kier alpha value is -2.44. The molecule has 2 aromatic rings. The maximum Gasteiger partial charge on any atom is 0.330 e. The number of methoxy groups -OCH3 is 1. The van der Waals surface area contributed by atoms with E-state index in [1.54, 1.807) is 19.1 Å². The van der Waals surface area contributed by atoms with Crippen molar-refractivity contribution < 1.29 is 13.9 Å². The summed E-state index contributed by atoms with van der Waals surface area (Å²) in [6.07, 6.45) is 0.913. The number of rotatable bonds is 6. The fraction of sp³-hybridized carbons (Fsp3) is 0.357. The molecule has 1 aromatic carbocycles. The van der Waals surface area contributed by atoms with E-state index in [1.807, 2.05) is 6.92 Å². The highest BCUT2D eigenvalue weighted by Gasteiger charge is 2.12. The number of nitrogens with one attached hydrogen (secondary N) is 1. The van der Waals surface area contributed by atoms with E-state index < -0.39 is 5.82 Å². The summed E-state index contributed by atoms with van der Waals surface area (Å²) in [4.78, 5) is 12.1. The Kier molecular flexibility index (Phi) is 4.86. The van der Waals surface area contributed by atoms with Crippen LogP contribution in [0.15, 0.2) is 18.2 Å². The predicted molar refractivity (Wildman–Crippen MR) is 76.4 cm³/mol. The smallest absolute Gasteiger partial charge is 0.330 e. The van der Waals surface area contributed by atoms with Crippen LogP contribution in [0.3, 0.4) is 0 Å². The summed E-state index contributed by atoms with van der Waals surface area (Å²) >= 11 is 0. The molecule has 1 aromatic heterocycles. The molecule has 1 N–H and O–H groups in total. The maximum atomic E-state index is 13.9. The molecule has 2 rings (SSSR count). The number of hydrogen-bond acceptors (Lipinski definition) is 6. The van der Waals surface area contributed by atoms with Crippen molar-refractivity contribution in [3.05, 3.63) is 29.6 Å². The van der Waals surface area contributed by atoms with Crippen molar-refractivity contribution in [3.8, 4) is 17.8 Å². The van der Waals surface area contributed by atoms with Crippen LogP contribution < -0.4 is 14.8 Å². The molecule has 0 aliphatic heterocycles. The fourth-order valence-electron chi connectivity index (χ4n) is 1.59. The van der Waals surface area contributed by atoms with Gasteiger partial charge in [-0.3, -0.25) is 0 Å². The topological polar surface area (TPSA) is 69.2 Å². The number of benzene rings is 1. The predicted octanol–water partition coefficient (Wildman–Crippen LogP) is 2.94. The van der Waals surface area contributed by atoms with Gasteiger partial charge in [0.15, 0.2) is 11.6 Å². The van der Waals surface area contributed by atoms with E-state index in [-0.39, 0.29) is 17.8 Å². The van der Waals surface area contributed by atoms with E-state index in [4.69, 9.17) is 9.47 Å². The molecule has 0 saturated heterocycles. The van der Waals surface area contributed by atoms with Crippen LogP contribution in [0, 0.1) is 12.7 Å². The molecule has 0 saturated carbocycles. The average molecular weight is 292 g/mol.